The van der Waals surface area contributed by atoms with Crippen LogP contribution in [0.4, 0.5) is 0 Å². The fraction of sp³-hybridized carbons (Fsp3) is 0.667. The quantitative estimate of drug-likeness (QED) is 0.377. The first kappa shape index (κ1) is 7.68. The lowest BCUT2D eigenvalue weighted by molar-refractivity contribution is -0.452. The third-order valence-corrected chi connectivity index (χ3v) is 1.63. The molecule has 0 spiro atoms. The summed E-state index contributed by atoms with van der Waals surface area (Å²) < 4.78 is 0. The molecule has 1 rings (SSSR count). The summed E-state index contributed by atoms with van der Waals surface area (Å²) in [7, 11) is 0. The van der Waals surface area contributed by atoms with E-state index in [0.29, 0.717) is 0 Å². The number of rotatable bonds is 1. The molecule has 58 valence electrons. The number of aliphatic hydroxyl groups excluding tert-OH is 2. The largest absolute Gasteiger partial charge is 0.378 e. The number of hydrogen-bond donors (Lipinski definition) is 3. The van der Waals surface area contributed by atoms with Crippen LogP contribution in [0.2, 0.25) is 0 Å². The fourth-order valence-electron chi connectivity index (χ4n) is 1.12. The van der Waals surface area contributed by atoms with E-state index in [0.717, 1.165) is 0 Å². The first-order valence-corrected chi connectivity index (χ1v) is 3.28. The lowest BCUT2D eigenvalue weighted by Gasteiger charge is -2.24. The number of nitrogens with zero attached hydrogens (tertiary/aromatic N) is 1. The van der Waals surface area contributed by atoms with Crippen molar-refractivity contribution in [3.8, 4) is 0 Å². The Morgan fingerprint density at radius 3 is 2.40 bits per heavy atom. The average Bonchev–Trinajstić information content (AvgIpc) is 2.11. The van der Waals surface area contributed by atoms with Gasteiger partial charge in [-0.2, -0.15) is 4.90 Å². The van der Waals surface area contributed by atoms with E-state index in [-0.39, 0.29) is 6.17 Å². The maximum Gasteiger partial charge on any atom is 0.164 e. The monoisotopic (exact) mass is 145 g/mol. The number of aliphatic hydroxyl groups is 2. The van der Waals surface area contributed by atoms with Crippen LogP contribution in [-0.4, -0.2) is 33.7 Å². The summed E-state index contributed by atoms with van der Waals surface area (Å²) in [6, 6.07) is 0. The van der Waals surface area contributed by atoms with Crippen LogP contribution >= 0.6 is 0 Å². The Balaban J connectivity index is 2.60. The Labute approximate surface area is 59.6 Å². The SMILES string of the molecule is CC(O)N1C([NH3+])C=CC1O. The van der Waals surface area contributed by atoms with Crippen LogP contribution in [0, 0.1) is 0 Å². The lowest BCUT2D eigenvalue weighted by atomic mass is 10.4. The first-order chi connectivity index (χ1) is 4.63. The summed E-state index contributed by atoms with van der Waals surface area (Å²) in [6.45, 7) is 1.61. The summed E-state index contributed by atoms with van der Waals surface area (Å²) in [5.74, 6) is 0. The molecule has 0 bridgehead atoms. The van der Waals surface area contributed by atoms with Crippen molar-refractivity contribution in [3.05, 3.63) is 12.2 Å². The highest BCUT2D eigenvalue weighted by atomic mass is 16.3. The van der Waals surface area contributed by atoms with E-state index >= 15 is 0 Å². The van der Waals surface area contributed by atoms with E-state index in [4.69, 9.17) is 10.2 Å². The minimum absolute atomic E-state index is 0.116. The van der Waals surface area contributed by atoms with E-state index in [1.54, 1.807) is 19.1 Å². The molecule has 0 fully saturated rings. The lowest BCUT2D eigenvalue weighted by Crippen LogP contribution is -2.69. The molecule has 0 aromatic rings. The summed E-state index contributed by atoms with van der Waals surface area (Å²) in [5.41, 5.74) is 3.71. The zero-order chi connectivity index (χ0) is 7.72. The standard InChI is InChI=1S/C6H12N2O2/c1-4(9)8-5(7)2-3-6(8)10/h2-6,9-10H,7H2,1H3/p+1. The van der Waals surface area contributed by atoms with Crippen LogP contribution in [0.5, 0.6) is 0 Å². The summed E-state index contributed by atoms with van der Waals surface area (Å²) in [6.07, 6.45) is 1.94. The van der Waals surface area contributed by atoms with Gasteiger partial charge in [0.05, 0.1) is 0 Å². The maximum absolute atomic E-state index is 9.17. The van der Waals surface area contributed by atoms with Crippen LogP contribution in [0.25, 0.3) is 0 Å². The van der Waals surface area contributed by atoms with Crippen molar-refractivity contribution in [2.24, 2.45) is 0 Å². The van der Waals surface area contributed by atoms with Crippen LogP contribution in [0.15, 0.2) is 12.2 Å². The van der Waals surface area contributed by atoms with Gasteiger partial charge in [-0.05, 0) is 19.1 Å². The Bertz CT molecular complexity index is 135. The van der Waals surface area contributed by atoms with E-state index < -0.39 is 12.5 Å². The van der Waals surface area contributed by atoms with Crippen molar-refractivity contribution in [1.29, 1.82) is 0 Å². The van der Waals surface area contributed by atoms with Crippen molar-refractivity contribution in [2.75, 3.05) is 0 Å². The smallest absolute Gasteiger partial charge is 0.164 e. The van der Waals surface area contributed by atoms with Crippen molar-refractivity contribution in [1.82, 2.24) is 4.90 Å². The molecule has 1 aliphatic rings. The van der Waals surface area contributed by atoms with Gasteiger partial charge < -0.3 is 15.9 Å². The molecule has 3 unspecified atom stereocenters. The minimum atomic E-state index is -0.678. The number of quaternary nitrogens is 1. The van der Waals surface area contributed by atoms with Crippen LogP contribution in [0.3, 0.4) is 0 Å². The molecule has 10 heavy (non-hydrogen) atoms. The molecule has 0 saturated heterocycles. The second-order valence-corrected chi connectivity index (χ2v) is 2.44. The molecular weight excluding hydrogens is 132 g/mol. The normalized spacial score (nSPS) is 36.8. The molecular formula is C6H13N2O2+. The van der Waals surface area contributed by atoms with Crippen molar-refractivity contribution < 1.29 is 15.9 Å². The first-order valence-electron chi connectivity index (χ1n) is 3.28. The fourth-order valence-corrected chi connectivity index (χ4v) is 1.12. The third kappa shape index (κ3) is 1.19. The van der Waals surface area contributed by atoms with Gasteiger partial charge in [0, 0.05) is 0 Å². The van der Waals surface area contributed by atoms with Gasteiger partial charge in [0.1, 0.15) is 12.5 Å². The summed E-state index contributed by atoms with van der Waals surface area (Å²) in [5, 5.41) is 18.2. The highest BCUT2D eigenvalue weighted by Gasteiger charge is 2.29. The molecule has 3 atom stereocenters. The van der Waals surface area contributed by atoms with Crippen molar-refractivity contribution in [2.45, 2.75) is 25.5 Å². The second-order valence-electron chi connectivity index (χ2n) is 2.44. The van der Waals surface area contributed by atoms with E-state index in [9.17, 15) is 0 Å². The van der Waals surface area contributed by atoms with Crippen LogP contribution < -0.4 is 5.73 Å². The molecule has 0 saturated carbocycles. The highest BCUT2D eigenvalue weighted by Crippen LogP contribution is 2.11. The molecule has 1 aliphatic heterocycles. The zero-order valence-corrected chi connectivity index (χ0v) is 5.94. The van der Waals surface area contributed by atoms with Crippen molar-refractivity contribution >= 4 is 0 Å². The van der Waals surface area contributed by atoms with E-state index in [1.165, 1.54) is 4.90 Å². The van der Waals surface area contributed by atoms with Gasteiger partial charge in [0.2, 0.25) is 0 Å². The van der Waals surface area contributed by atoms with Crippen molar-refractivity contribution in [3.63, 3.8) is 0 Å². The summed E-state index contributed by atoms with van der Waals surface area (Å²) in [4.78, 5) is 1.50. The number of hydrogen-bond acceptors (Lipinski definition) is 3. The maximum atomic E-state index is 9.17. The van der Waals surface area contributed by atoms with Gasteiger partial charge in [-0.15, -0.1) is 0 Å². The van der Waals surface area contributed by atoms with Crippen LogP contribution in [0.1, 0.15) is 6.92 Å². The third-order valence-electron chi connectivity index (χ3n) is 1.63. The molecule has 0 amide bonds. The molecule has 1 heterocycles. The molecule has 0 aromatic heterocycles. The van der Waals surface area contributed by atoms with Gasteiger partial charge >= 0.3 is 0 Å². The molecule has 0 radical (unpaired) electrons. The van der Waals surface area contributed by atoms with E-state index in [1.807, 2.05) is 0 Å². The Morgan fingerprint density at radius 1 is 1.60 bits per heavy atom. The molecule has 4 heteroatoms. The molecule has 5 N–H and O–H groups in total. The topological polar surface area (TPSA) is 71.3 Å². The van der Waals surface area contributed by atoms with Gasteiger partial charge in [-0.25, -0.2) is 0 Å². The average molecular weight is 145 g/mol. The Morgan fingerprint density at radius 2 is 2.20 bits per heavy atom. The molecule has 4 nitrogen and oxygen atoms in total. The zero-order valence-electron chi connectivity index (χ0n) is 5.94. The molecule has 0 aromatic carbocycles. The summed E-state index contributed by atoms with van der Waals surface area (Å²) >= 11 is 0. The molecule has 0 aliphatic carbocycles. The second kappa shape index (κ2) is 2.67. The Kier molecular flexibility index (Phi) is 2.05. The van der Waals surface area contributed by atoms with E-state index in [2.05, 4.69) is 5.73 Å². The van der Waals surface area contributed by atoms with Crippen LogP contribution in [-0.2, 0) is 0 Å². The van der Waals surface area contributed by atoms with Gasteiger partial charge in [-0.3, -0.25) is 0 Å². The van der Waals surface area contributed by atoms with Gasteiger partial charge in [0.25, 0.3) is 0 Å². The minimum Gasteiger partial charge on any atom is -0.378 e. The predicted octanol–water partition coefficient (Wildman–Crippen LogP) is -1.92. The predicted molar refractivity (Wildman–Crippen MR) is 35.3 cm³/mol. The van der Waals surface area contributed by atoms with Gasteiger partial charge in [-0.1, -0.05) is 0 Å². The van der Waals surface area contributed by atoms with Gasteiger partial charge in [0.15, 0.2) is 6.17 Å². The Hall–Kier alpha value is -0.420. The highest BCUT2D eigenvalue weighted by molar-refractivity contribution is 5.01.